The lowest BCUT2D eigenvalue weighted by molar-refractivity contribution is -0.189. The molecule has 148 valence electrons. The Bertz CT molecular complexity index is 294. The highest BCUT2D eigenvalue weighted by molar-refractivity contribution is 4.81. The fraction of sp³-hybridized carbons (Fsp3) is 0.913. The van der Waals surface area contributed by atoms with Crippen LogP contribution in [0.1, 0.15) is 117 Å². The van der Waals surface area contributed by atoms with Gasteiger partial charge in [0.25, 0.3) is 0 Å². The van der Waals surface area contributed by atoms with E-state index in [-0.39, 0.29) is 6.29 Å². The molecular formula is C23H44O2. The number of hydrogen-bond donors (Lipinski definition) is 0. The highest BCUT2D eigenvalue weighted by Crippen LogP contribution is 2.20. The van der Waals surface area contributed by atoms with Gasteiger partial charge in [0.05, 0.1) is 6.10 Å². The Labute approximate surface area is 157 Å². The van der Waals surface area contributed by atoms with Gasteiger partial charge >= 0.3 is 0 Å². The largest absolute Gasteiger partial charge is 0.353 e. The van der Waals surface area contributed by atoms with Crippen molar-refractivity contribution < 1.29 is 9.47 Å². The molecule has 0 N–H and O–H groups in total. The monoisotopic (exact) mass is 352 g/mol. The van der Waals surface area contributed by atoms with Gasteiger partial charge in [0.15, 0.2) is 6.29 Å². The minimum Gasteiger partial charge on any atom is -0.353 e. The second-order valence-corrected chi connectivity index (χ2v) is 7.63. The van der Waals surface area contributed by atoms with Crippen LogP contribution in [-0.2, 0) is 9.47 Å². The number of ether oxygens (including phenoxy) is 2. The smallest absolute Gasteiger partial charge is 0.157 e. The van der Waals surface area contributed by atoms with Crippen molar-refractivity contribution >= 4 is 0 Å². The molecule has 1 heterocycles. The van der Waals surface area contributed by atoms with Crippen LogP contribution in [0.4, 0.5) is 0 Å². The fourth-order valence-electron chi connectivity index (χ4n) is 3.48. The molecule has 2 heteroatoms. The summed E-state index contributed by atoms with van der Waals surface area (Å²) in [6.45, 7) is 5.38. The summed E-state index contributed by atoms with van der Waals surface area (Å²) in [6.07, 6.45) is 26.0. The van der Waals surface area contributed by atoms with Crippen LogP contribution in [0.3, 0.4) is 0 Å². The van der Waals surface area contributed by atoms with E-state index in [4.69, 9.17) is 9.47 Å². The average molecular weight is 353 g/mol. The molecule has 1 rings (SSSR count). The summed E-state index contributed by atoms with van der Waals surface area (Å²) in [7, 11) is 0. The second-order valence-electron chi connectivity index (χ2n) is 7.63. The topological polar surface area (TPSA) is 18.5 Å². The molecule has 0 bridgehead atoms. The Morgan fingerprint density at radius 1 is 0.880 bits per heavy atom. The van der Waals surface area contributed by atoms with Crippen molar-refractivity contribution in [1.82, 2.24) is 0 Å². The molecule has 2 atom stereocenters. The summed E-state index contributed by atoms with van der Waals surface area (Å²) >= 11 is 0. The van der Waals surface area contributed by atoms with E-state index in [0.717, 1.165) is 19.4 Å². The van der Waals surface area contributed by atoms with Crippen LogP contribution >= 0.6 is 0 Å². The van der Waals surface area contributed by atoms with Crippen molar-refractivity contribution in [2.45, 2.75) is 129 Å². The minimum atomic E-state index is 0.0784. The zero-order chi connectivity index (χ0) is 18.0. The zero-order valence-electron chi connectivity index (χ0n) is 17.1. The van der Waals surface area contributed by atoms with E-state index in [1.165, 1.54) is 89.9 Å². The standard InChI is InChI=1S/C23H44O2/c1-3-5-6-7-8-9-10-11-12-13-14-15-16-19-22(4-2)25-23-20-17-18-21-24-23/h7-8,22-23H,3-6,9-21H2,1-2H3/b8-7+. The molecule has 1 saturated heterocycles. The maximum absolute atomic E-state index is 6.12. The van der Waals surface area contributed by atoms with Crippen LogP contribution in [-0.4, -0.2) is 19.0 Å². The van der Waals surface area contributed by atoms with Crippen molar-refractivity contribution in [3.05, 3.63) is 12.2 Å². The molecule has 0 saturated carbocycles. The molecule has 0 spiro atoms. The lowest BCUT2D eigenvalue weighted by Gasteiger charge is -2.27. The van der Waals surface area contributed by atoms with Crippen molar-refractivity contribution in [2.24, 2.45) is 0 Å². The minimum absolute atomic E-state index is 0.0784. The first kappa shape index (κ1) is 22.7. The van der Waals surface area contributed by atoms with Crippen molar-refractivity contribution in [2.75, 3.05) is 6.61 Å². The van der Waals surface area contributed by atoms with Gasteiger partial charge in [0, 0.05) is 6.61 Å². The Hall–Kier alpha value is -0.340. The van der Waals surface area contributed by atoms with Gasteiger partial charge in [-0.3, -0.25) is 0 Å². The third-order valence-corrected chi connectivity index (χ3v) is 5.23. The van der Waals surface area contributed by atoms with E-state index in [2.05, 4.69) is 26.0 Å². The molecule has 1 fully saturated rings. The van der Waals surface area contributed by atoms with Crippen LogP contribution in [0.15, 0.2) is 12.2 Å². The lowest BCUT2D eigenvalue weighted by atomic mass is 10.0. The van der Waals surface area contributed by atoms with Gasteiger partial charge in [-0.2, -0.15) is 0 Å². The predicted octanol–water partition coefficient (Wildman–Crippen LogP) is 7.57. The number of unbranched alkanes of at least 4 members (excludes halogenated alkanes) is 9. The molecule has 25 heavy (non-hydrogen) atoms. The third kappa shape index (κ3) is 13.5. The lowest BCUT2D eigenvalue weighted by Crippen LogP contribution is -2.27. The summed E-state index contributed by atoms with van der Waals surface area (Å²) in [5, 5.41) is 0. The summed E-state index contributed by atoms with van der Waals surface area (Å²) in [4.78, 5) is 0. The maximum atomic E-state index is 6.12. The van der Waals surface area contributed by atoms with E-state index in [1.807, 2.05) is 0 Å². The molecule has 2 unspecified atom stereocenters. The van der Waals surface area contributed by atoms with Crippen molar-refractivity contribution in [3.63, 3.8) is 0 Å². The molecule has 1 aliphatic heterocycles. The highest BCUT2D eigenvalue weighted by atomic mass is 16.7. The molecule has 0 aliphatic carbocycles. The quantitative estimate of drug-likeness (QED) is 0.211. The first-order valence-corrected chi connectivity index (χ1v) is 11.3. The summed E-state index contributed by atoms with van der Waals surface area (Å²) < 4.78 is 11.8. The second kappa shape index (κ2) is 17.1. The van der Waals surface area contributed by atoms with E-state index in [9.17, 15) is 0 Å². The number of allylic oxidation sites excluding steroid dienone is 2. The third-order valence-electron chi connectivity index (χ3n) is 5.23. The van der Waals surface area contributed by atoms with Crippen molar-refractivity contribution in [3.8, 4) is 0 Å². The van der Waals surface area contributed by atoms with E-state index in [1.54, 1.807) is 0 Å². The van der Waals surface area contributed by atoms with Gasteiger partial charge in [-0.15, -0.1) is 0 Å². The first-order valence-electron chi connectivity index (χ1n) is 11.3. The Morgan fingerprint density at radius 3 is 2.20 bits per heavy atom. The van der Waals surface area contributed by atoms with E-state index < -0.39 is 0 Å². The van der Waals surface area contributed by atoms with Crippen LogP contribution < -0.4 is 0 Å². The number of rotatable bonds is 16. The molecular weight excluding hydrogens is 308 g/mol. The van der Waals surface area contributed by atoms with Gasteiger partial charge in [0.1, 0.15) is 0 Å². The van der Waals surface area contributed by atoms with E-state index >= 15 is 0 Å². The van der Waals surface area contributed by atoms with Crippen LogP contribution in [0.5, 0.6) is 0 Å². The van der Waals surface area contributed by atoms with Crippen LogP contribution in [0.2, 0.25) is 0 Å². The molecule has 0 aromatic carbocycles. The molecule has 2 nitrogen and oxygen atoms in total. The van der Waals surface area contributed by atoms with Gasteiger partial charge < -0.3 is 9.47 Å². The van der Waals surface area contributed by atoms with Gasteiger partial charge in [-0.05, 0) is 51.4 Å². The maximum Gasteiger partial charge on any atom is 0.157 e. The van der Waals surface area contributed by atoms with Gasteiger partial charge in [0.2, 0.25) is 0 Å². The fourth-order valence-corrected chi connectivity index (χ4v) is 3.48. The summed E-state index contributed by atoms with van der Waals surface area (Å²) in [5.41, 5.74) is 0. The normalized spacial score (nSPS) is 19.5. The molecule has 1 aliphatic rings. The SMILES string of the molecule is CCCC/C=C/CCCCCCCCCC(CC)OC1CCCCO1. The van der Waals surface area contributed by atoms with Crippen molar-refractivity contribution in [1.29, 1.82) is 0 Å². The average Bonchev–Trinajstić information content (AvgIpc) is 2.65. The molecule has 0 radical (unpaired) electrons. The molecule has 0 aromatic heterocycles. The van der Waals surface area contributed by atoms with Gasteiger partial charge in [-0.25, -0.2) is 0 Å². The highest BCUT2D eigenvalue weighted by Gasteiger charge is 2.18. The number of hydrogen-bond acceptors (Lipinski definition) is 2. The Balaban J connectivity index is 1.86. The zero-order valence-corrected chi connectivity index (χ0v) is 17.1. The van der Waals surface area contributed by atoms with E-state index in [0.29, 0.717) is 6.10 Å². The molecule has 0 aromatic rings. The Kier molecular flexibility index (Phi) is 15.5. The Morgan fingerprint density at radius 2 is 1.56 bits per heavy atom. The molecule has 0 amide bonds. The van der Waals surface area contributed by atoms with Gasteiger partial charge in [-0.1, -0.05) is 77.4 Å². The van der Waals surface area contributed by atoms with Crippen LogP contribution in [0, 0.1) is 0 Å². The first-order chi connectivity index (χ1) is 12.4. The van der Waals surface area contributed by atoms with Crippen LogP contribution in [0.25, 0.3) is 0 Å². The summed E-state index contributed by atoms with van der Waals surface area (Å²) in [6, 6.07) is 0. The predicted molar refractivity (Wildman–Crippen MR) is 109 cm³/mol. The summed E-state index contributed by atoms with van der Waals surface area (Å²) in [5.74, 6) is 0.